The first-order valence-electron chi connectivity index (χ1n) is 5.26. The van der Waals surface area contributed by atoms with E-state index in [4.69, 9.17) is 0 Å². The molecule has 4 atom stereocenters. The number of rotatable bonds is 0. The fourth-order valence-electron chi connectivity index (χ4n) is 3.22. The van der Waals surface area contributed by atoms with Gasteiger partial charge in [-0.1, -0.05) is 13.8 Å². The quantitative estimate of drug-likeness (QED) is 0.620. The van der Waals surface area contributed by atoms with Gasteiger partial charge in [0.05, 0.1) is 6.10 Å². The molecule has 0 spiro atoms. The molecule has 1 N–H and O–H groups in total. The maximum atomic E-state index is 11.8. The molecule has 13 heavy (non-hydrogen) atoms. The van der Waals surface area contributed by atoms with Gasteiger partial charge in [0.1, 0.15) is 5.78 Å². The van der Waals surface area contributed by atoms with Gasteiger partial charge in [-0.15, -0.1) is 0 Å². The Labute approximate surface area is 79.3 Å². The third-order valence-electron chi connectivity index (χ3n) is 4.37. The lowest BCUT2D eigenvalue weighted by Gasteiger charge is -2.42. The molecule has 2 aliphatic rings. The van der Waals surface area contributed by atoms with Crippen molar-refractivity contribution in [3.8, 4) is 0 Å². The molecule has 0 aliphatic heterocycles. The number of fused-ring (bicyclic) bond motifs is 1. The van der Waals surface area contributed by atoms with E-state index in [0.29, 0.717) is 17.6 Å². The van der Waals surface area contributed by atoms with E-state index in [1.54, 1.807) is 0 Å². The standard InChI is InChI=1S/C11H18O2/c1-7-5-9(12)6-8-3-4-10(13)11(7,8)2/h7-9,12H,3-6H2,1-2H3/t7-,8-,9+,11+/m1/s1. The number of aliphatic hydroxyl groups excluding tert-OH is 1. The molecule has 2 fully saturated rings. The molecule has 0 radical (unpaired) electrons. The fourth-order valence-corrected chi connectivity index (χ4v) is 3.22. The first-order chi connectivity index (χ1) is 6.05. The monoisotopic (exact) mass is 182 g/mol. The minimum absolute atomic E-state index is 0.112. The number of carbonyl (C=O) groups excluding carboxylic acids is 1. The average molecular weight is 182 g/mol. The Morgan fingerprint density at radius 3 is 2.85 bits per heavy atom. The van der Waals surface area contributed by atoms with Crippen molar-refractivity contribution < 1.29 is 9.90 Å². The van der Waals surface area contributed by atoms with Crippen LogP contribution in [0.5, 0.6) is 0 Å². The van der Waals surface area contributed by atoms with Crippen LogP contribution < -0.4 is 0 Å². The van der Waals surface area contributed by atoms with Crippen molar-refractivity contribution in [1.82, 2.24) is 0 Å². The molecule has 0 unspecified atom stereocenters. The minimum atomic E-state index is -0.168. The van der Waals surface area contributed by atoms with Crippen LogP contribution in [0.2, 0.25) is 0 Å². The lowest BCUT2D eigenvalue weighted by Crippen LogP contribution is -2.43. The van der Waals surface area contributed by atoms with Gasteiger partial charge in [0.2, 0.25) is 0 Å². The average Bonchev–Trinajstić information content (AvgIpc) is 2.33. The van der Waals surface area contributed by atoms with Gasteiger partial charge in [-0.2, -0.15) is 0 Å². The number of aliphatic hydroxyl groups is 1. The largest absolute Gasteiger partial charge is 0.393 e. The lowest BCUT2D eigenvalue weighted by atomic mass is 9.62. The highest BCUT2D eigenvalue weighted by atomic mass is 16.3. The summed E-state index contributed by atoms with van der Waals surface area (Å²) in [6, 6.07) is 0. The van der Waals surface area contributed by atoms with Gasteiger partial charge in [0.25, 0.3) is 0 Å². The first kappa shape index (κ1) is 9.20. The molecule has 0 amide bonds. The first-order valence-corrected chi connectivity index (χ1v) is 5.26. The van der Waals surface area contributed by atoms with Crippen molar-refractivity contribution >= 4 is 5.78 Å². The van der Waals surface area contributed by atoms with E-state index < -0.39 is 0 Å². The molecule has 0 aromatic heterocycles. The second kappa shape index (κ2) is 2.81. The molecule has 0 heterocycles. The summed E-state index contributed by atoms with van der Waals surface area (Å²) >= 11 is 0. The molecule has 2 saturated carbocycles. The number of carbonyl (C=O) groups is 1. The fraction of sp³-hybridized carbons (Fsp3) is 0.909. The Morgan fingerprint density at radius 1 is 1.46 bits per heavy atom. The molecule has 2 heteroatoms. The second-order valence-corrected chi connectivity index (χ2v) is 4.97. The zero-order chi connectivity index (χ0) is 9.64. The van der Waals surface area contributed by atoms with Crippen LogP contribution in [0.1, 0.15) is 39.5 Å². The minimum Gasteiger partial charge on any atom is -0.393 e. The SMILES string of the molecule is C[C@@H]1C[C@H](O)C[C@H]2CCC(=O)[C@]21C. The molecule has 0 bridgehead atoms. The van der Waals surface area contributed by atoms with Crippen LogP contribution >= 0.6 is 0 Å². The van der Waals surface area contributed by atoms with Crippen molar-refractivity contribution in [2.24, 2.45) is 17.3 Å². The van der Waals surface area contributed by atoms with Crippen LogP contribution in [0.4, 0.5) is 0 Å². The third-order valence-corrected chi connectivity index (χ3v) is 4.37. The summed E-state index contributed by atoms with van der Waals surface area (Å²) in [6.45, 7) is 4.21. The van der Waals surface area contributed by atoms with Gasteiger partial charge in [-0.3, -0.25) is 4.79 Å². The Kier molecular flexibility index (Phi) is 1.99. The van der Waals surface area contributed by atoms with Crippen LogP contribution in [-0.4, -0.2) is 17.0 Å². The van der Waals surface area contributed by atoms with Gasteiger partial charge in [0, 0.05) is 11.8 Å². The smallest absolute Gasteiger partial charge is 0.139 e. The highest BCUT2D eigenvalue weighted by Gasteiger charge is 2.52. The van der Waals surface area contributed by atoms with E-state index in [1.165, 1.54) is 0 Å². The molecule has 2 rings (SSSR count). The Bertz CT molecular complexity index is 236. The van der Waals surface area contributed by atoms with Gasteiger partial charge in [-0.25, -0.2) is 0 Å². The predicted octanol–water partition coefficient (Wildman–Crippen LogP) is 1.76. The molecule has 0 aromatic carbocycles. The summed E-state index contributed by atoms with van der Waals surface area (Å²) in [6.07, 6.45) is 3.21. The van der Waals surface area contributed by atoms with Gasteiger partial charge >= 0.3 is 0 Å². The topological polar surface area (TPSA) is 37.3 Å². The zero-order valence-corrected chi connectivity index (χ0v) is 8.42. The summed E-state index contributed by atoms with van der Waals surface area (Å²) in [5, 5.41) is 9.62. The van der Waals surface area contributed by atoms with Crippen molar-refractivity contribution in [3.05, 3.63) is 0 Å². The predicted molar refractivity (Wildman–Crippen MR) is 50.2 cm³/mol. The van der Waals surface area contributed by atoms with Gasteiger partial charge < -0.3 is 5.11 Å². The summed E-state index contributed by atoms with van der Waals surface area (Å²) < 4.78 is 0. The Balaban J connectivity index is 2.28. The van der Waals surface area contributed by atoms with Crippen LogP contribution in [0.15, 0.2) is 0 Å². The zero-order valence-electron chi connectivity index (χ0n) is 8.42. The van der Waals surface area contributed by atoms with E-state index in [9.17, 15) is 9.90 Å². The number of hydrogen-bond acceptors (Lipinski definition) is 2. The molecule has 2 nitrogen and oxygen atoms in total. The number of hydrogen-bond donors (Lipinski definition) is 1. The molecule has 74 valence electrons. The van der Waals surface area contributed by atoms with E-state index >= 15 is 0 Å². The summed E-state index contributed by atoms with van der Waals surface area (Å²) in [7, 11) is 0. The molecular formula is C11H18O2. The summed E-state index contributed by atoms with van der Waals surface area (Å²) in [5.74, 6) is 1.23. The van der Waals surface area contributed by atoms with Crippen LogP contribution in [0.25, 0.3) is 0 Å². The Morgan fingerprint density at radius 2 is 2.15 bits per heavy atom. The molecular weight excluding hydrogens is 164 g/mol. The highest BCUT2D eigenvalue weighted by molar-refractivity contribution is 5.87. The third kappa shape index (κ3) is 1.15. The summed E-state index contributed by atoms with van der Waals surface area (Å²) in [5.41, 5.74) is -0.112. The van der Waals surface area contributed by atoms with E-state index in [1.807, 2.05) is 0 Å². The van der Waals surface area contributed by atoms with Crippen molar-refractivity contribution in [2.75, 3.05) is 0 Å². The lowest BCUT2D eigenvalue weighted by molar-refractivity contribution is -0.132. The van der Waals surface area contributed by atoms with E-state index in [-0.39, 0.29) is 11.5 Å². The number of Topliss-reactive ketones (excluding diaryl/α,β-unsaturated/α-hetero) is 1. The maximum absolute atomic E-state index is 11.8. The van der Waals surface area contributed by atoms with Crippen molar-refractivity contribution in [3.63, 3.8) is 0 Å². The normalized spacial score (nSPS) is 50.7. The molecule has 2 aliphatic carbocycles. The van der Waals surface area contributed by atoms with Gasteiger partial charge in [0.15, 0.2) is 0 Å². The van der Waals surface area contributed by atoms with Crippen LogP contribution in [0.3, 0.4) is 0 Å². The van der Waals surface area contributed by atoms with E-state index in [0.717, 1.165) is 25.7 Å². The summed E-state index contributed by atoms with van der Waals surface area (Å²) in [4.78, 5) is 11.8. The van der Waals surface area contributed by atoms with Crippen molar-refractivity contribution in [1.29, 1.82) is 0 Å². The maximum Gasteiger partial charge on any atom is 0.139 e. The van der Waals surface area contributed by atoms with Crippen LogP contribution in [-0.2, 0) is 4.79 Å². The van der Waals surface area contributed by atoms with Gasteiger partial charge in [-0.05, 0) is 31.1 Å². The molecule has 0 aromatic rings. The highest BCUT2D eigenvalue weighted by Crippen LogP contribution is 2.52. The van der Waals surface area contributed by atoms with E-state index in [2.05, 4.69) is 13.8 Å². The molecule has 0 saturated heterocycles. The second-order valence-electron chi connectivity index (χ2n) is 4.97. The number of ketones is 1. The van der Waals surface area contributed by atoms with Crippen LogP contribution in [0, 0.1) is 17.3 Å². The Hall–Kier alpha value is -0.370. The van der Waals surface area contributed by atoms with Crippen molar-refractivity contribution in [2.45, 2.75) is 45.6 Å².